The molecule has 1 N–H and O–H groups in total. The lowest BCUT2D eigenvalue weighted by Gasteiger charge is -2.06. The van der Waals surface area contributed by atoms with Crippen molar-refractivity contribution >= 4 is 11.3 Å². The van der Waals surface area contributed by atoms with E-state index in [1.54, 1.807) is 11.3 Å². The van der Waals surface area contributed by atoms with Crippen molar-refractivity contribution in [2.45, 2.75) is 19.0 Å². The number of hydrogen-bond donors (Lipinski definition) is 1. The van der Waals surface area contributed by atoms with Gasteiger partial charge in [0.25, 0.3) is 0 Å². The normalized spacial score (nSPS) is 11.9. The predicted octanol–water partition coefficient (Wildman–Crippen LogP) is 2.83. The molecule has 0 saturated carbocycles. The summed E-state index contributed by atoms with van der Waals surface area (Å²) in [6, 6.07) is 3.92. The molecule has 0 fully saturated rings. The third-order valence-corrected chi connectivity index (χ3v) is 2.65. The molecule has 0 bridgehead atoms. The Kier molecular flexibility index (Phi) is 4.41. The summed E-state index contributed by atoms with van der Waals surface area (Å²) in [5, 5.41) is 4.73. The molecule has 0 unspecified atom stereocenters. The smallest absolute Gasteiger partial charge is 0.316 e. The van der Waals surface area contributed by atoms with Crippen molar-refractivity contribution in [3.8, 4) is 0 Å². The molecule has 0 radical (unpaired) electrons. The van der Waals surface area contributed by atoms with Gasteiger partial charge in [0, 0.05) is 11.4 Å². The first-order chi connectivity index (χ1) is 6.58. The predicted molar refractivity (Wildman–Crippen MR) is 51.6 cm³/mol. The molecule has 1 rings (SSSR count). The Hall–Kier alpha value is -0.550. The second-order valence-electron chi connectivity index (χ2n) is 2.94. The quantitative estimate of drug-likeness (QED) is 0.757. The van der Waals surface area contributed by atoms with Crippen molar-refractivity contribution in [1.29, 1.82) is 0 Å². The van der Waals surface area contributed by atoms with E-state index in [1.807, 2.05) is 17.5 Å². The lowest BCUT2D eigenvalue weighted by Crippen LogP contribution is -2.23. The van der Waals surface area contributed by atoms with Crippen LogP contribution in [0.2, 0.25) is 0 Å². The van der Waals surface area contributed by atoms with E-state index >= 15 is 0 Å². The number of halogens is 3. The Morgan fingerprint density at radius 3 is 2.64 bits per heavy atom. The van der Waals surface area contributed by atoms with Crippen molar-refractivity contribution in [3.05, 3.63) is 22.4 Å². The Balaban J connectivity index is 2.00. The Morgan fingerprint density at radius 1 is 1.29 bits per heavy atom. The highest BCUT2D eigenvalue weighted by Crippen LogP contribution is 2.18. The molecule has 1 heterocycles. The van der Waals surface area contributed by atoms with Crippen LogP contribution in [-0.4, -0.2) is 19.3 Å². The zero-order valence-corrected chi connectivity index (χ0v) is 8.42. The third-order valence-electron chi connectivity index (χ3n) is 1.71. The lowest BCUT2D eigenvalue weighted by molar-refractivity contribution is -0.133. The number of nitrogens with one attached hydrogen (secondary N) is 1. The molecule has 1 aromatic heterocycles. The Bertz CT molecular complexity index is 243. The zero-order chi connectivity index (χ0) is 10.4. The molecule has 5 heteroatoms. The number of rotatable bonds is 5. The van der Waals surface area contributed by atoms with Crippen LogP contribution in [0, 0.1) is 0 Å². The highest BCUT2D eigenvalue weighted by Gasteiger charge is 2.25. The van der Waals surface area contributed by atoms with Crippen LogP contribution in [0.25, 0.3) is 0 Å². The average Bonchev–Trinajstić information content (AvgIpc) is 2.54. The van der Waals surface area contributed by atoms with Crippen LogP contribution < -0.4 is 5.32 Å². The zero-order valence-electron chi connectivity index (χ0n) is 7.60. The van der Waals surface area contributed by atoms with Gasteiger partial charge in [-0.15, -0.1) is 11.3 Å². The van der Waals surface area contributed by atoms with Crippen molar-refractivity contribution in [2.24, 2.45) is 0 Å². The molecule has 1 aromatic rings. The van der Waals surface area contributed by atoms with Crippen molar-refractivity contribution in [2.75, 3.05) is 13.1 Å². The molecule has 1 nitrogen and oxygen atoms in total. The first-order valence-corrected chi connectivity index (χ1v) is 5.26. The molecule has 0 aromatic carbocycles. The molecule has 0 aliphatic rings. The summed E-state index contributed by atoms with van der Waals surface area (Å²) in [7, 11) is 0. The minimum absolute atomic E-state index is 0.00880. The third kappa shape index (κ3) is 5.24. The monoisotopic (exact) mass is 223 g/mol. The minimum atomic E-state index is -4.05. The number of alkyl halides is 3. The van der Waals surface area contributed by atoms with Gasteiger partial charge in [-0.05, 0) is 24.4 Å². The first kappa shape index (κ1) is 11.5. The highest BCUT2D eigenvalue weighted by molar-refractivity contribution is 7.09. The molecular formula is C9H12F3NS. The first-order valence-electron chi connectivity index (χ1n) is 4.38. The van der Waals surface area contributed by atoms with Crippen LogP contribution in [0.15, 0.2) is 17.5 Å². The largest absolute Gasteiger partial charge is 0.390 e. The van der Waals surface area contributed by atoms with Gasteiger partial charge in [-0.25, -0.2) is 0 Å². The molecule has 0 aliphatic carbocycles. The molecule has 0 saturated heterocycles. The molecule has 0 aliphatic heterocycles. The molecule has 0 amide bonds. The van der Waals surface area contributed by atoms with Crippen molar-refractivity contribution in [1.82, 2.24) is 5.32 Å². The van der Waals surface area contributed by atoms with Gasteiger partial charge in [-0.1, -0.05) is 6.07 Å². The maximum atomic E-state index is 11.7. The van der Waals surface area contributed by atoms with E-state index in [4.69, 9.17) is 0 Å². The van der Waals surface area contributed by atoms with Gasteiger partial charge < -0.3 is 5.32 Å². The summed E-state index contributed by atoms with van der Waals surface area (Å²) in [6.07, 6.45) is -4.00. The average molecular weight is 223 g/mol. The van der Waals surface area contributed by atoms with Gasteiger partial charge in [0.1, 0.15) is 0 Å². The SMILES string of the molecule is FC(F)(F)CCNCCc1cccs1. The standard InChI is InChI=1S/C9H12F3NS/c10-9(11,12)4-6-13-5-3-8-2-1-7-14-8/h1-2,7,13H,3-6H2. The number of hydrogen-bond acceptors (Lipinski definition) is 2. The maximum absolute atomic E-state index is 11.7. The summed E-state index contributed by atoms with van der Waals surface area (Å²) < 4.78 is 35.2. The second-order valence-corrected chi connectivity index (χ2v) is 3.98. The van der Waals surface area contributed by atoms with E-state index in [9.17, 15) is 13.2 Å². The fraction of sp³-hybridized carbons (Fsp3) is 0.556. The fourth-order valence-electron chi connectivity index (χ4n) is 1.02. The summed E-state index contributed by atoms with van der Waals surface area (Å²) in [5.41, 5.74) is 0. The van der Waals surface area contributed by atoms with Gasteiger partial charge in [-0.2, -0.15) is 13.2 Å². The molecular weight excluding hydrogens is 211 g/mol. The van der Waals surface area contributed by atoms with E-state index in [2.05, 4.69) is 5.32 Å². The van der Waals surface area contributed by atoms with E-state index in [1.165, 1.54) is 4.88 Å². The van der Waals surface area contributed by atoms with Gasteiger partial charge in [-0.3, -0.25) is 0 Å². The van der Waals surface area contributed by atoms with Crippen LogP contribution in [0.1, 0.15) is 11.3 Å². The maximum Gasteiger partial charge on any atom is 0.390 e. The van der Waals surface area contributed by atoms with Crippen LogP contribution in [0.4, 0.5) is 13.2 Å². The molecule has 80 valence electrons. The van der Waals surface area contributed by atoms with Gasteiger partial charge in [0.05, 0.1) is 6.42 Å². The van der Waals surface area contributed by atoms with E-state index in [0.717, 1.165) is 6.42 Å². The van der Waals surface area contributed by atoms with Gasteiger partial charge in [0.15, 0.2) is 0 Å². The lowest BCUT2D eigenvalue weighted by atomic mass is 10.3. The van der Waals surface area contributed by atoms with Gasteiger partial charge >= 0.3 is 6.18 Å². The van der Waals surface area contributed by atoms with Crippen LogP contribution in [0.5, 0.6) is 0 Å². The summed E-state index contributed by atoms with van der Waals surface area (Å²) in [4.78, 5) is 1.20. The van der Waals surface area contributed by atoms with Crippen molar-refractivity contribution in [3.63, 3.8) is 0 Å². The fourth-order valence-corrected chi connectivity index (χ4v) is 1.73. The van der Waals surface area contributed by atoms with Crippen molar-refractivity contribution < 1.29 is 13.2 Å². The molecule has 0 spiro atoms. The van der Waals surface area contributed by atoms with E-state index in [0.29, 0.717) is 6.54 Å². The summed E-state index contributed by atoms with van der Waals surface area (Å²) in [5.74, 6) is 0. The van der Waals surface area contributed by atoms with E-state index in [-0.39, 0.29) is 6.54 Å². The van der Waals surface area contributed by atoms with Crippen LogP contribution in [0.3, 0.4) is 0 Å². The van der Waals surface area contributed by atoms with Crippen LogP contribution >= 0.6 is 11.3 Å². The summed E-state index contributed by atoms with van der Waals surface area (Å²) >= 11 is 1.62. The Labute approximate surface area is 84.9 Å². The van der Waals surface area contributed by atoms with Crippen LogP contribution in [-0.2, 0) is 6.42 Å². The molecule has 0 atom stereocenters. The summed E-state index contributed by atoms with van der Waals surface area (Å²) in [6.45, 7) is 0.617. The Morgan fingerprint density at radius 2 is 2.07 bits per heavy atom. The topological polar surface area (TPSA) is 12.0 Å². The number of thiophene rings is 1. The van der Waals surface area contributed by atoms with Gasteiger partial charge in [0.2, 0.25) is 0 Å². The highest BCUT2D eigenvalue weighted by atomic mass is 32.1. The molecule has 14 heavy (non-hydrogen) atoms. The van der Waals surface area contributed by atoms with E-state index < -0.39 is 12.6 Å². The second kappa shape index (κ2) is 5.36. The minimum Gasteiger partial charge on any atom is -0.316 e.